The first-order chi connectivity index (χ1) is 16.4. The third-order valence-corrected chi connectivity index (χ3v) is 5.88. The lowest BCUT2D eigenvalue weighted by Crippen LogP contribution is -2.21. The molecule has 0 aliphatic carbocycles. The van der Waals surface area contributed by atoms with Crippen LogP contribution >= 0.6 is 23.2 Å². The van der Waals surface area contributed by atoms with Crippen LogP contribution in [-0.2, 0) is 4.79 Å². The molecule has 3 aromatic carbocycles. The summed E-state index contributed by atoms with van der Waals surface area (Å²) in [4.78, 5) is 12.3. The number of nitrogens with two attached hydrogens (primary N) is 1. The van der Waals surface area contributed by atoms with Gasteiger partial charge in [0.05, 0.1) is 13.0 Å². The van der Waals surface area contributed by atoms with Crippen molar-refractivity contribution in [2.75, 3.05) is 7.11 Å². The Labute approximate surface area is 206 Å². The largest absolute Gasteiger partial charge is 0.497 e. The van der Waals surface area contributed by atoms with E-state index in [0.29, 0.717) is 26.9 Å². The van der Waals surface area contributed by atoms with Crippen molar-refractivity contribution in [2.24, 2.45) is 5.73 Å². The summed E-state index contributed by atoms with van der Waals surface area (Å²) in [5, 5.41) is 10.5. The molecule has 0 spiro atoms. The molecule has 0 bridgehead atoms. The average Bonchev–Trinajstić information content (AvgIpc) is 2.82. The predicted molar refractivity (Wildman–Crippen MR) is 130 cm³/mol. The van der Waals surface area contributed by atoms with Crippen LogP contribution in [0.1, 0.15) is 22.6 Å². The lowest BCUT2D eigenvalue weighted by Gasteiger charge is -2.27. The normalized spacial score (nSPS) is 14.8. The summed E-state index contributed by atoms with van der Waals surface area (Å²) in [5.41, 5.74) is 8.20. The third kappa shape index (κ3) is 4.72. The smallest absolute Gasteiger partial charge is 0.336 e. The Morgan fingerprint density at radius 2 is 1.76 bits per heavy atom. The molecule has 2 N–H and O–H groups in total. The number of benzene rings is 3. The second-order valence-corrected chi connectivity index (χ2v) is 8.10. The number of nitrogens with zero attached hydrogens (tertiary/aromatic N) is 1. The van der Waals surface area contributed by atoms with Gasteiger partial charge in [-0.05, 0) is 42.0 Å². The minimum atomic E-state index is -0.630. The van der Waals surface area contributed by atoms with Gasteiger partial charge < -0.3 is 19.9 Å². The fraction of sp³-hybridized carbons (Fsp3) is 0.0769. The topological polar surface area (TPSA) is 94.6 Å². The third-order valence-electron chi connectivity index (χ3n) is 5.23. The van der Waals surface area contributed by atoms with Gasteiger partial charge in [-0.15, -0.1) is 0 Å². The summed E-state index contributed by atoms with van der Waals surface area (Å²) in [6.45, 7) is 0. The predicted octanol–water partition coefficient (Wildman–Crippen LogP) is 5.84. The van der Waals surface area contributed by atoms with E-state index in [1.54, 1.807) is 55.7 Å². The molecule has 170 valence electrons. The number of carbonyl (C=O) groups excluding carboxylic acids is 1. The summed E-state index contributed by atoms with van der Waals surface area (Å²) in [6, 6.07) is 19.2. The van der Waals surface area contributed by atoms with Gasteiger partial charge in [-0.3, -0.25) is 0 Å². The molecule has 0 fully saturated rings. The number of allylic oxidation sites excluding steroid dienone is 1. The highest BCUT2D eigenvalue weighted by Crippen LogP contribution is 2.47. The summed E-state index contributed by atoms with van der Waals surface area (Å²) < 4.78 is 16.2. The van der Waals surface area contributed by atoms with Crippen molar-refractivity contribution in [3.05, 3.63) is 105 Å². The van der Waals surface area contributed by atoms with Crippen molar-refractivity contribution < 1.29 is 19.0 Å². The van der Waals surface area contributed by atoms with Crippen LogP contribution in [-0.4, -0.2) is 13.1 Å². The lowest BCUT2D eigenvalue weighted by molar-refractivity contribution is -0.128. The Balaban J connectivity index is 1.61. The van der Waals surface area contributed by atoms with Gasteiger partial charge in [0, 0.05) is 33.3 Å². The molecule has 0 saturated carbocycles. The molecule has 1 heterocycles. The van der Waals surface area contributed by atoms with Crippen molar-refractivity contribution in [3.63, 3.8) is 0 Å². The molecule has 34 heavy (non-hydrogen) atoms. The van der Waals surface area contributed by atoms with Crippen LogP contribution in [0.5, 0.6) is 17.2 Å². The molecule has 0 amide bonds. The molecule has 1 unspecified atom stereocenters. The van der Waals surface area contributed by atoms with Gasteiger partial charge in [-0.2, -0.15) is 5.26 Å². The summed E-state index contributed by atoms with van der Waals surface area (Å²) in [6.07, 6.45) is 2.95. The first-order valence-corrected chi connectivity index (χ1v) is 10.9. The van der Waals surface area contributed by atoms with Crippen molar-refractivity contribution in [2.45, 2.75) is 5.92 Å². The lowest BCUT2D eigenvalue weighted by atomic mass is 9.83. The highest BCUT2D eigenvalue weighted by molar-refractivity contribution is 6.36. The number of ether oxygens (including phenoxy) is 3. The number of fused-ring (bicyclic) bond motifs is 1. The average molecular weight is 493 g/mol. The maximum Gasteiger partial charge on any atom is 0.336 e. The Bertz CT molecular complexity index is 1340. The minimum Gasteiger partial charge on any atom is -0.497 e. The Morgan fingerprint density at radius 3 is 2.41 bits per heavy atom. The van der Waals surface area contributed by atoms with E-state index in [4.69, 9.17) is 43.1 Å². The first-order valence-electron chi connectivity index (χ1n) is 10.1. The minimum absolute atomic E-state index is 0.0705. The van der Waals surface area contributed by atoms with Crippen molar-refractivity contribution in [1.29, 1.82) is 5.26 Å². The molecule has 8 heteroatoms. The molecule has 0 radical (unpaired) electrons. The van der Waals surface area contributed by atoms with Crippen LogP contribution in [0.15, 0.2) is 78.2 Å². The van der Waals surface area contributed by atoms with E-state index in [9.17, 15) is 10.1 Å². The number of carbonyl (C=O) groups is 1. The van der Waals surface area contributed by atoms with Gasteiger partial charge in [-0.25, -0.2) is 4.79 Å². The quantitative estimate of drug-likeness (QED) is 0.273. The van der Waals surface area contributed by atoms with Crippen LogP contribution in [0.3, 0.4) is 0 Å². The summed E-state index contributed by atoms with van der Waals surface area (Å²) >= 11 is 12.8. The molecule has 4 rings (SSSR count). The van der Waals surface area contributed by atoms with E-state index in [1.165, 1.54) is 12.1 Å². The molecule has 1 aliphatic rings. The zero-order valence-electron chi connectivity index (χ0n) is 17.9. The molecular weight excluding hydrogens is 475 g/mol. The number of nitriles is 1. The van der Waals surface area contributed by atoms with Crippen LogP contribution in [0.4, 0.5) is 0 Å². The number of hydrogen-bond acceptors (Lipinski definition) is 6. The van der Waals surface area contributed by atoms with Gasteiger partial charge in [-0.1, -0.05) is 47.5 Å². The van der Waals surface area contributed by atoms with Crippen LogP contribution in [0.2, 0.25) is 10.0 Å². The van der Waals surface area contributed by atoms with Gasteiger partial charge in [0.15, 0.2) is 0 Å². The van der Waals surface area contributed by atoms with Crippen molar-refractivity contribution in [3.8, 4) is 23.3 Å². The number of halogens is 2. The van der Waals surface area contributed by atoms with Crippen LogP contribution in [0.25, 0.3) is 6.08 Å². The second kappa shape index (κ2) is 9.92. The SMILES string of the molecule is COc1ccc(/C=C/C(=O)Oc2ccc3c(c2)OC(N)=C(C#N)C3c2c(Cl)cccc2Cl)cc1. The van der Waals surface area contributed by atoms with E-state index < -0.39 is 11.9 Å². The Kier molecular flexibility index (Phi) is 6.78. The van der Waals surface area contributed by atoms with Gasteiger partial charge >= 0.3 is 5.97 Å². The van der Waals surface area contributed by atoms with Crippen LogP contribution < -0.4 is 19.9 Å². The Hall–Kier alpha value is -3.92. The molecule has 1 aliphatic heterocycles. The number of esters is 1. The molecule has 1 atom stereocenters. The van der Waals surface area contributed by atoms with Crippen molar-refractivity contribution >= 4 is 35.2 Å². The summed E-state index contributed by atoms with van der Waals surface area (Å²) in [7, 11) is 1.58. The van der Waals surface area contributed by atoms with Gasteiger partial charge in [0.25, 0.3) is 0 Å². The fourth-order valence-electron chi connectivity index (χ4n) is 3.61. The zero-order chi connectivity index (χ0) is 24.2. The number of rotatable bonds is 5. The maximum atomic E-state index is 12.3. The maximum absolute atomic E-state index is 12.3. The number of methoxy groups -OCH3 is 1. The van der Waals surface area contributed by atoms with Gasteiger partial charge in [0.2, 0.25) is 5.88 Å². The first kappa shape index (κ1) is 23.2. The second-order valence-electron chi connectivity index (χ2n) is 7.29. The Morgan fingerprint density at radius 1 is 1.09 bits per heavy atom. The van der Waals surface area contributed by atoms with Crippen molar-refractivity contribution in [1.82, 2.24) is 0 Å². The highest BCUT2D eigenvalue weighted by Gasteiger charge is 2.33. The zero-order valence-corrected chi connectivity index (χ0v) is 19.4. The summed E-state index contributed by atoms with van der Waals surface area (Å²) in [5.74, 6) is 0.0346. The molecule has 0 saturated heterocycles. The standard InChI is InChI=1S/C26H18Cl2N2O4/c1-32-16-8-5-15(6-9-16)7-12-23(31)33-17-10-11-18-22(13-17)34-26(30)19(14-29)24(18)25-20(27)3-2-4-21(25)28/h2-13,24H,30H2,1H3/b12-7+. The van der Waals surface area contributed by atoms with E-state index in [0.717, 1.165) is 11.3 Å². The number of hydrogen-bond donors (Lipinski definition) is 1. The van der Waals surface area contributed by atoms with Crippen LogP contribution in [0, 0.1) is 11.3 Å². The molecule has 3 aromatic rings. The monoisotopic (exact) mass is 492 g/mol. The molecule has 6 nitrogen and oxygen atoms in total. The van der Waals surface area contributed by atoms with Gasteiger partial charge in [0.1, 0.15) is 28.9 Å². The fourth-order valence-corrected chi connectivity index (χ4v) is 4.23. The van der Waals surface area contributed by atoms with E-state index in [-0.39, 0.29) is 17.2 Å². The highest BCUT2D eigenvalue weighted by atomic mass is 35.5. The van der Waals surface area contributed by atoms with E-state index in [1.807, 2.05) is 12.1 Å². The van der Waals surface area contributed by atoms with E-state index in [2.05, 4.69) is 6.07 Å². The van der Waals surface area contributed by atoms with E-state index >= 15 is 0 Å². The molecular formula is C26H18Cl2N2O4. The molecule has 0 aromatic heterocycles.